The van der Waals surface area contributed by atoms with E-state index in [-0.39, 0.29) is 30.8 Å². The van der Waals surface area contributed by atoms with Crippen LogP contribution in [-0.2, 0) is 9.59 Å². The third-order valence-electron chi connectivity index (χ3n) is 5.18. The number of carbonyl (C=O) groups is 2. The van der Waals surface area contributed by atoms with Gasteiger partial charge in [0, 0.05) is 17.9 Å². The SMILES string of the molecule is COc1ccc(NC(=O)C2CCCN2CC(=O)N(CCC#N)c2ccccc2)cc1. The lowest BCUT2D eigenvalue weighted by Crippen LogP contribution is -2.46. The number of rotatable bonds is 8. The van der Waals surface area contributed by atoms with Gasteiger partial charge >= 0.3 is 0 Å². The van der Waals surface area contributed by atoms with E-state index in [0.29, 0.717) is 25.2 Å². The van der Waals surface area contributed by atoms with Crippen molar-refractivity contribution in [2.45, 2.75) is 25.3 Å². The molecule has 0 spiro atoms. The van der Waals surface area contributed by atoms with Gasteiger partial charge in [-0.3, -0.25) is 14.5 Å². The van der Waals surface area contributed by atoms with Crippen LogP contribution in [0.4, 0.5) is 11.4 Å². The number of likely N-dealkylation sites (tertiary alicyclic amines) is 1. The Bertz CT molecular complexity index is 893. The van der Waals surface area contributed by atoms with Gasteiger partial charge in [-0.05, 0) is 55.8 Å². The van der Waals surface area contributed by atoms with E-state index in [0.717, 1.165) is 17.9 Å². The van der Waals surface area contributed by atoms with Gasteiger partial charge in [-0.1, -0.05) is 18.2 Å². The highest BCUT2D eigenvalue weighted by molar-refractivity contribution is 5.97. The van der Waals surface area contributed by atoms with Crippen LogP contribution in [0, 0.1) is 11.3 Å². The van der Waals surface area contributed by atoms with Crippen molar-refractivity contribution in [1.29, 1.82) is 5.26 Å². The maximum atomic E-state index is 13.0. The number of hydrogen-bond acceptors (Lipinski definition) is 5. The predicted octanol–water partition coefficient (Wildman–Crippen LogP) is 3.04. The van der Waals surface area contributed by atoms with Gasteiger partial charge in [0.25, 0.3) is 0 Å². The summed E-state index contributed by atoms with van der Waals surface area (Å²) < 4.78 is 5.14. The molecule has 7 heteroatoms. The molecule has 1 N–H and O–H groups in total. The number of para-hydroxylation sites is 1. The molecule has 1 unspecified atom stereocenters. The van der Waals surface area contributed by atoms with Crippen molar-refractivity contribution in [2.24, 2.45) is 0 Å². The van der Waals surface area contributed by atoms with Crippen LogP contribution in [0.25, 0.3) is 0 Å². The second kappa shape index (κ2) is 10.4. The lowest BCUT2D eigenvalue weighted by Gasteiger charge is -2.27. The van der Waals surface area contributed by atoms with Gasteiger partial charge in [-0.25, -0.2) is 0 Å². The molecule has 1 heterocycles. The van der Waals surface area contributed by atoms with E-state index in [9.17, 15) is 9.59 Å². The van der Waals surface area contributed by atoms with E-state index in [2.05, 4.69) is 11.4 Å². The van der Waals surface area contributed by atoms with Crippen molar-refractivity contribution < 1.29 is 14.3 Å². The maximum absolute atomic E-state index is 13.0. The van der Waals surface area contributed by atoms with Crippen molar-refractivity contribution in [1.82, 2.24) is 4.90 Å². The lowest BCUT2D eigenvalue weighted by molar-refractivity contribution is -0.123. The maximum Gasteiger partial charge on any atom is 0.241 e. The first-order valence-corrected chi connectivity index (χ1v) is 10.0. The summed E-state index contributed by atoms with van der Waals surface area (Å²) in [5, 5.41) is 11.9. The molecule has 7 nitrogen and oxygen atoms in total. The first-order valence-electron chi connectivity index (χ1n) is 10.0. The highest BCUT2D eigenvalue weighted by atomic mass is 16.5. The highest BCUT2D eigenvalue weighted by Crippen LogP contribution is 2.22. The second-order valence-electron chi connectivity index (χ2n) is 7.14. The smallest absolute Gasteiger partial charge is 0.241 e. The molecule has 156 valence electrons. The first-order chi connectivity index (χ1) is 14.6. The third kappa shape index (κ3) is 5.37. The molecular weight excluding hydrogens is 380 g/mol. The number of methoxy groups -OCH3 is 1. The number of hydrogen-bond donors (Lipinski definition) is 1. The van der Waals surface area contributed by atoms with Gasteiger partial charge in [-0.15, -0.1) is 0 Å². The number of nitrogens with zero attached hydrogens (tertiary/aromatic N) is 3. The molecule has 3 rings (SSSR count). The van der Waals surface area contributed by atoms with Crippen LogP contribution < -0.4 is 15.0 Å². The highest BCUT2D eigenvalue weighted by Gasteiger charge is 2.33. The van der Waals surface area contributed by atoms with Crippen molar-refractivity contribution in [3.63, 3.8) is 0 Å². The Balaban J connectivity index is 1.65. The van der Waals surface area contributed by atoms with Gasteiger partial charge in [0.05, 0.1) is 32.2 Å². The molecular formula is C23H26N4O3. The van der Waals surface area contributed by atoms with Crippen LogP contribution in [0.15, 0.2) is 54.6 Å². The van der Waals surface area contributed by atoms with Crippen LogP contribution in [-0.4, -0.2) is 49.5 Å². The van der Waals surface area contributed by atoms with Crippen LogP contribution in [0.2, 0.25) is 0 Å². The fourth-order valence-corrected chi connectivity index (χ4v) is 3.64. The molecule has 1 aliphatic rings. The summed E-state index contributed by atoms with van der Waals surface area (Å²) >= 11 is 0. The summed E-state index contributed by atoms with van der Waals surface area (Å²) in [4.78, 5) is 29.4. The van der Waals surface area contributed by atoms with E-state index < -0.39 is 0 Å². The van der Waals surface area contributed by atoms with Crippen LogP contribution in [0.3, 0.4) is 0 Å². The Morgan fingerprint density at radius 2 is 1.93 bits per heavy atom. The second-order valence-corrected chi connectivity index (χ2v) is 7.14. The summed E-state index contributed by atoms with van der Waals surface area (Å²) in [6, 6.07) is 18.2. The molecule has 1 fully saturated rings. The molecule has 2 aromatic rings. The number of benzene rings is 2. The van der Waals surface area contributed by atoms with Gasteiger partial charge in [0.2, 0.25) is 11.8 Å². The number of carbonyl (C=O) groups excluding carboxylic acids is 2. The van der Waals surface area contributed by atoms with Crippen LogP contribution in [0.5, 0.6) is 5.75 Å². The van der Waals surface area contributed by atoms with Crippen molar-refractivity contribution in [2.75, 3.05) is 37.0 Å². The van der Waals surface area contributed by atoms with Crippen molar-refractivity contribution >= 4 is 23.2 Å². The minimum atomic E-state index is -0.357. The Labute approximate surface area is 176 Å². The molecule has 0 aromatic heterocycles. The number of anilines is 2. The Morgan fingerprint density at radius 1 is 1.20 bits per heavy atom. The molecule has 30 heavy (non-hydrogen) atoms. The number of nitrogens with one attached hydrogen (secondary N) is 1. The summed E-state index contributed by atoms with van der Waals surface area (Å²) in [6.07, 6.45) is 1.82. The zero-order chi connectivity index (χ0) is 21.3. The first kappa shape index (κ1) is 21.3. The lowest BCUT2D eigenvalue weighted by atomic mass is 10.2. The largest absolute Gasteiger partial charge is 0.497 e. The topological polar surface area (TPSA) is 85.7 Å². The molecule has 1 atom stereocenters. The van der Waals surface area contributed by atoms with E-state index in [1.807, 2.05) is 35.2 Å². The van der Waals surface area contributed by atoms with Gasteiger partial charge < -0.3 is 15.0 Å². The molecule has 0 aliphatic carbocycles. The van der Waals surface area contributed by atoms with E-state index >= 15 is 0 Å². The number of ether oxygens (including phenoxy) is 1. The minimum absolute atomic E-state index is 0.111. The Morgan fingerprint density at radius 3 is 2.60 bits per heavy atom. The van der Waals surface area contributed by atoms with E-state index in [4.69, 9.17) is 10.00 Å². The fraction of sp³-hybridized carbons (Fsp3) is 0.348. The summed E-state index contributed by atoms with van der Waals surface area (Å²) in [6.45, 7) is 1.16. The third-order valence-corrected chi connectivity index (χ3v) is 5.18. The standard InChI is InChI=1S/C23H26N4O3/c1-30-20-12-10-18(11-13-20)25-23(29)21-9-5-15-26(21)17-22(28)27(16-6-14-24)19-7-3-2-4-8-19/h2-4,7-8,10-13,21H,5-6,9,15-17H2,1H3,(H,25,29). The zero-order valence-corrected chi connectivity index (χ0v) is 17.1. The summed E-state index contributed by atoms with van der Waals surface area (Å²) in [5.41, 5.74) is 1.45. The van der Waals surface area contributed by atoms with E-state index in [1.165, 1.54) is 0 Å². The monoisotopic (exact) mass is 406 g/mol. The van der Waals surface area contributed by atoms with E-state index in [1.54, 1.807) is 36.3 Å². The van der Waals surface area contributed by atoms with Crippen LogP contribution in [0.1, 0.15) is 19.3 Å². The molecule has 0 saturated carbocycles. The summed E-state index contributed by atoms with van der Waals surface area (Å²) in [5.74, 6) is 0.494. The molecule has 1 aliphatic heterocycles. The van der Waals surface area contributed by atoms with Gasteiger partial charge in [0.1, 0.15) is 5.75 Å². The zero-order valence-electron chi connectivity index (χ0n) is 17.1. The van der Waals surface area contributed by atoms with Crippen molar-refractivity contribution in [3.8, 4) is 11.8 Å². The quantitative estimate of drug-likeness (QED) is 0.728. The molecule has 0 radical (unpaired) electrons. The molecule has 2 amide bonds. The normalized spacial score (nSPS) is 15.9. The number of amides is 2. The van der Waals surface area contributed by atoms with Crippen molar-refractivity contribution in [3.05, 3.63) is 54.6 Å². The number of nitriles is 1. The summed E-state index contributed by atoms with van der Waals surface area (Å²) in [7, 11) is 1.59. The molecule has 1 saturated heterocycles. The Hall–Kier alpha value is -3.37. The van der Waals surface area contributed by atoms with Gasteiger partial charge in [-0.2, -0.15) is 5.26 Å². The predicted molar refractivity (Wildman–Crippen MR) is 115 cm³/mol. The fourth-order valence-electron chi connectivity index (χ4n) is 3.64. The minimum Gasteiger partial charge on any atom is -0.497 e. The van der Waals surface area contributed by atoms with Gasteiger partial charge in [0.15, 0.2) is 0 Å². The average molecular weight is 406 g/mol. The van der Waals surface area contributed by atoms with Crippen LogP contribution >= 0.6 is 0 Å². The molecule has 0 bridgehead atoms. The molecule has 2 aromatic carbocycles. The Kier molecular flexibility index (Phi) is 7.41. The average Bonchev–Trinajstić information content (AvgIpc) is 3.23.